The minimum absolute atomic E-state index is 0.294. The largest absolute Gasteiger partial charge is 0.467 e. The Labute approximate surface area is 77.3 Å². The van der Waals surface area contributed by atoms with Crippen LogP contribution in [0, 0.1) is 0 Å². The highest BCUT2D eigenvalue weighted by atomic mass is 16.5. The molecular formula is C9H15NO3. The summed E-state index contributed by atoms with van der Waals surface area (Å²) in [4.78, 5) is 11.3. The van der Waals surface area contributed by atoms with Crippen LogP contribution in [-0.4, -0.2) is 35.9 Å². The van der Waals surface area contributed by atoms with Gasteiger partial charge in [0.15, 0.2) is 5.60 Å². The van der Waals surface area contributed by atoms with E-state index in [-0.39, 0.29) is 0 Å². The molecule has 2 aliphatic heterocycles. The zero-order valence-electron chi connectivity index (χ0n) is 7.75. The first-order chi connectivity index (χ1) is 6.14. The van der Waals surface area contributed by atoms with Crippen LogP contribution >= 0.6 is 0 Å². The van der Waals surface area contributed by atoms with Crippen LogP contribution in [0.5, 0.6) is 0 Å². The number of rotatable bonds is 1. The molecule has 0 radical (unpaired) electrons. The number of carbonyl (C=O) groups is 1. The summed E-state index contributed by atoms with van der Waals surface area (Å²) in [5.74, 6) is -0.481. The third kappa shape index (κ3) is 1.44. The van der Waals surface area contributed by atoms with Crippen LogP contribution in [0.2, 0.25) is 0 Å². The van der Waals surface area contributed by atoms with Gasteiger partial charge in [0.05, 0.1) is 7.11 Å². The lowest BCUT2D eigenvalue weighted by atomic mass is 9.88. The topological polar surface area (TPSA) is 58.6 Å². The molecule has 0 saturated carbocycles. The van der Waals surface area contributed by atoms with Gasteiger partial charge in [0.2, 0.25) is 0 Å². The molecule has 13 heavy (non-hydrogen) atoms. The summed E-state index contributed by atoms with van der Waals surface area (Å²) in [6.45, 7) is 0. The number of piperidine rings is 1. The average molecular weight is 185 g/mol. The van der Waals surface area contributed by atoms with E-state index in [1.165, 1.54) is 7.11 Å². The van der Waals surface area contributed by atoms with E-state index in [0.29, 0.717) is 24.9 Å². The highest BCUT2D eigenvalue weighted by molar-refractivity contribution is 5.79. The van der Waals surface area contributed by atoms with Gasteiger partial charge < -0.3 is 15.2 Å². The number of nitrogens with one attached hydrogen (secondary N) is 1. The maximum absolute atomic E-state index is 11.3. The van der Waals surface area contributed by atoms with Crippen molar-refractivity contribution in [2.24, 2.45) is 0 Å². The van der Waals surface area contributed by atoms with Crippen LogP contribution < -0.4 is 5.32 Å². The molecule has 2 aliphatic rings. The van der Waals surface area contributed by atoms with E-state index < -0.39 is 11.6 Å². The average Bonchev–Trinajstić information content (AvgIpc) is 2.44. The third-order valence-electron chi connectivity index (χ3n) is 3.07. The number of hydrogen-bond acceptors (Lipinski definition) is 4. The smallest absolute Gasteiger partial charge is 0.337 e. The fourth-order valence-electron chi connectivity index (χ4n) is 2.48. The SMILES string of the molecule is COC(=O)C1(O)CC2CCC(C1)N2. The van der Waals surface area contributed by atoms with Crippen molar-refractivity contribution < 1.29 is 14.6 Å². The number of aliphatic hydroxyl groups is 1. The first-order valence-electron chi connectivity index (χ1n) is 4.71. The van der Waals surface area contributed by atoms with E-state index in [4.69, 9.17) is 0 Å². The normalized spacial score (nSPS) is 43.2. The molecule has 2 rings (SSSR count). The molecule has 2 fully saturated rings. The fourth-order valence-corrected chi connectivity index (χ4v) is 2.48. The molecule has 4 nitrogen and oxygen atoms in total. The Morgan fingerprint density at radius 2 is 2.00 bits per heavy atom. The summed E-state index contributed by atoms with van der Waals surface area (Å²) >= 11 is 0. The van der Waals surface area contributed by atoms with Gasteiger partial charge in [-0.3, -0.25) is 0 Å². The highest BCUT2D eigenvalue weighted by Gasteiger charge is 2.47. The Kier molecular flexibility index (Phi) is 2.04. The molecule has 0 aromatic carbocycles. The van der Waals surface area contributed by atoms with Crippen molar-refractivity contribution in [2.75, 3.05) is 7.11 Å². The maximum Gasteiger partial charge on any atom is 0.337 e. The van der Waals surface area contributed by atoms with Crippen molar-refractivity contribution in [3.05, 3.63) is 0 Å². The lowest BCUT2D eigenvalue weighted by Crippen LogP contribution is -2.53. The van der Waals surface area contributed by atoms with E-state index in [2.05, 4.69) is 10.1 Å². The number of hydrogen-bond donors (Lipinski definition) is 2. The predicted octanol–water partition coefficient (Wildman–Crippen LogP) is -0.195. The van der Waals surface area contributed by atoms with Crippen LogP contribution in [-0.2, 0) is 9.53 Å². The lowest BCUT2D eigenvalue weighted by Gasteiger charge is -2.34. The van der Waals surface area contributed by atoms with E-state index in [1.807, 2.05) is 0 Å². The first-order valence-corrected chi connectivity index (χ1v) is 4.71. The van der Waals surface area contributed by atoms with Gasteiger partial charge in [-0.05, 0) is 12.8 Å². The van der Waals surface area contributed by atoms with Gasteiger partial charge >= 0.3 is 5.97 Å². The van der Waals surface area contributed by atoms with E-state index in [1.54, 1.807) is 0 Å². The van der Waals surface area contributed by atoms with Crippen molar-refractivity contribution in [2.45, 2.75) is 43.4 Å². The summed E-state index contributed by atoms with van der Waals surface area (Å²) < 4.78 is 4.60. The molecule has 2 atom stereocenters. The van der Waals surface area contributed by atoms with Gasteiger partial charge in [-0.15, -0.1) is 0 Å². The molecule has 2 unspecified atom stereocenters. The Morgan fingerprint density at radius 3 is 2.46 bits per heavy atom. The van der Waals surface area contributed by atoms with Crippen molar-refractivity contribution >= 4 is 5.97 Å². The van der Waals surface area contributed by atoms with Gasteiger partial charge in [-0.2, -0.15) is 0 Å². The van der Waals surface area contributed by atoms with Gasteiger partial charge in [-0.1, -0.05) is 0 Å². The Hall–Kier alpha value is -0.610. The molecule has 2 saturated heterocycles. The molecule has 2 bridgehead atoms. The lowest BCUT2D eigenvalue weighted by molar-refractivity contribution is -0.166. The van der Waals surface area contributed by atoms with Crippen molar-refractivity contribution in [3.63, 3.8) is 0 Å². The number of esters is 1. The van der Waals surface area contributed by atoms with Crippen LogP contribution in [0.3, 0.4) is 0 Å². The van der Waals surface area contributed by atoms with E-state index >= 15 is 0 Å². The summed E-state index contributed by atoms with van der Waals surface area (Å²) in [6.07, 6.45) is 3.11. The number of ether oxygens (including phenoxy) is 1. The first kappa shape index (κ1) is 8.97. The van der Waals surface area contributed by atoms with Crippen molar-refractivity contribution in [1.29, 1.82) is 0 Å². The van der Waals surface area contributed by atoms with Crippen LogP contribution in [0.4, 0.5) is 0 Å². The molecular weight excluding hydrogens is 170 g/mol. The Bertz CT molecular complexity index is 217. The standard InChI is InChI=1S/C9H15NO3/c1-13-8(11)9(12)4-6-2-3-7(5-9)10-6/h6-7,10,12H,2-5H2,1H3. The molecule has 74 valence electrons. The summed E-state index contributed by atoms with van der Waals surface area (Å²) in [7, 11) is 1.32. The minimum Gasteiger partial charge on any atom is -0.467 e. The molecule has 0 spiro atoms. The Morgan fingerprint density at radius 1 is 1.46 bits per heavy atom. The summed E-state index contributed by atoms with van der Waals surface area (Å²) in [5, 5.41) is 13.4. The molecule has 0 aromatic rings. The fraction of sp³-hybridized carbons (Fsp3) is 0.889. The second-order valence-electron chi connectivity index (χ2n) is 4.07. The molecule has 4 heteroatoms. The van der Waals surface area contributed by atoms with E-state index in [9.17, 15) is 9.90 Å². The van der Waals surface area contributed by atoms with Crippen LogP contribution in [0.25, 0.3) is 0 Å². The minimum atomic E-state index is -1.23. The zero-order valence-corrected chi connectivity index (χ0v) is 7.75. The number of fused-ring (bicyclic) bond motifs is 2. The Balaban J connectivity index is 2.12. The molecule has 2 heterocycles. The van der Waals surface area contributed by atoms with Gasteiger partial charge in [0, 0.05) is 24.9 Å². The maximum atomic E-state index is 11.3. The quantitative estimate of drug-likeness (QED) is 0.556. The summed E-state index contributed by atoms with van der Waals surface area (Å²) in [6, 6.07) is 0.589. The third-order valence-corrected chi connectivity index (χ3v) is 3.07. The van der Waals surface area contributed by atoms with Gasteiger partial charge in [0.25, 0.3) is 0 Å². The number of methoxy groups -OCH3 is 1. The van der Waals surface area contributed by atoms with Crippen molar-refractivity contribution in [3.8, 4) is 0 Å². The zero-order chi connectivity index (χ0) is 9.47. The number of carbonyl (C=O) groups excluding carboxylic acids is 1. The summed E-state index contributed by atoms with van der Waals surface area (Å²) in [5.41, 5.74) is -1.23. The monoisotopic (exact) mass is 185 g/mol. The van der Waals surface area contributed by atoms with E-state index in [0.717, 1.165) is 12.8 Å². The van der Waals surface area contributed by atoms with Gasteiger partial charge in [-0.25, -0.2) is 4.79 Å². The second-order valence-corrected chi connectivity index (χ2v) is 4.07. The van der Waals surface area contributed by atoms with Crippen molar-refractivity contribution in [1.82, 2.24) is 5.32 Å². The molecule has 0 amide bonds. The van der Waals surface area contributed by atoms with Crippen LogP contribution in [0.15, 0.2) is 0 Å². The molecule has 0 aliphatic carbocycles. The molecule has 0 aromatic heterocycles. The molecule has 2 N–H and O–H groups in total. The van der Waals surface area contributed by atoms with Crippen LogP contribution in [0.1, 0.15) is 25.7 Å². The second kappa shape index (κ2) is 2.96. The highest BCUT2D eigenvalue weighted by Crippen LogP contribution is 2.34. The predicted molar refractivity (Wildman–Crippen MR) is 46.1 cm³/mol. The van der Waals surface area contributed by atoms with Gasteiger partial charge in [0.1, 0.15) is 0 Å².